The first kappa shape index (κ1) is 18.3. The number of fused-ring (bicyclic) bond motifs is 3. The van der Waals surface area contributed by atoms with Gasteiger partial charge in [0.15, 0.2) is 17.1 Å². The number of Topliss-reactive ketones (excluding diaryl/α,β-unsaturated/α-hetero) is 1. The minimum absolute atomic E-state index is 0.0918. The third-order valence-electron chi connectivity index (χ3n) is 5.70. The zero-order valence-electron chi connectivity index (χ0n) is 16.7. The van der Waals surface area contributed by atoms with E-state index in [1.165, 1.54) is 0 Å². The second kappa shape index (κ2) is 6.95. The van der Waals surface area contributed by atoms with Gasteiger partial charge in [0.25, 0.3) is 0 Å². The van der Waals surface area contributed by atoms with E-state index in [2.05, 4.69) is 10.2 Å². The Morgan fingerprint density at radius 1 is 1.07 bits per heavy atom. The molecule has 1 N–H and O–H groups in total. The number of methoxy groups -OCH3 is 1. The van der Waals surface area contributed by atoms with Gasteiger partial charge in [-0.05, 0) is 31.0 Å². The fourth-order valence-electron chi connectivity index (χ4n) is 4.30. The van der Waals surface area contributed by atoms with Crippen molar-refractivity contribution in [1.29, 1.82) is 0 Å². The minimum Gasteiger partial charge on any atom is -0.508 e. The number of aryl methyl sites for hydroxylation is 1. The summed E-state index contributed by atoms with van der Waals surface area (Å²) in [5, 5.41) is 23.6. The van der Waals surface area contributed by atoms with Crippen LogP contribution in [-0.2, 0) is 6.42 Å². The maximum absolute atomic E-state index is 12.8. The van der Waals surface area contributed by atoms with E-state index >= 15 is 0 Å². The van der Waals surface area contributed by atoms with Gasteiger partial charge in [-0.15, -0.1) is 10.2 Å². The molecule has 0 aliphatic heterocycles. The molecule has 2 aromatic heterocycles. The molecule has 1 aliphatic carbocycles. The Bertz CT molecular complexity index is 1300. The van der Waals surface area contributed by atoms with Crippen LogP contribution in [0.3, 0.4) is 0 Å². The summed E-state index contributed by atoms with van der Waals surface area (Å²) in [5.74, 6) is 0.685. The number of benzene rings is 2. The molecule has 7 nitrogen and oxygen atoms in total. The Morgan fingerprint density at radius 3 is 2.63 bits per heavy atom. The Kier molecular flexibility index (Phi) is 4.24. The van der Waals surface area contributed by atoms with Crippen molar-refractivity contribution in [3.8, 4) is 22.6 Å². The van der Waals surface area contributed by atoms with Gasteiger partial charge in [-0.3, -0.25) is 4.79 Å². The summed E-state index contributed by atoms with van der Waals surface area (Å²) in [5.41, 5.74) is 4.90. The zero-order valence-corrected chi connectivity index (χ0v) is 16.7. The number of para-hydroxylation sites is 2. The van der Waals surface area contributed by atoms with Crippen molar-refractivity contribution in [3.63, 3.8) is 0 Å². The molecule has 0 fully saturated rings. The molecule has 0 spiro atoms. The molecule has 1 aliphatic rings. The summed E-state index contributed by atoms with van der Waals surface area (Å²) in [6, 6.07) is 14.8. The lowest BCUT2D eigenvalue weighted by atomic mass is 9.83. The fourth-order valence-corrected chi connectivity index (χ4v) is 4.30. The number of phenols is 1. The van der Waals surface area contributed by atoms with E-state index < -0.39 is 0 Å². The first-order chi connectivity index (χ1) is 14.6. The average Bonchev–Trinajstić information content (AvgIpc) is 3.10. The molecule has 0 amide bonds. The van der Waals surface area contributed by atoms with Gasteiger partial charge in [-0.1, -0.05) is 36.4 Å². The number of ketones is 1. The number of ether oxygens (including phenoxy) is 1. The Morgan fingerprint density at radius 2 is 1.83 bits per heavy atom. The number of carbonyl (C=O) groups excluding carboxylic acids is 1. The number of rotatable bonds is 3. The molecule has 0 radical (unpaired) electrons. The van der Waals surface area contributed by atoms with Gasteiger partial charge in [0.2, 0.25) is 0 Å². The van der Waals surface area contributed by atoms with Gasteiger partial charge < -0.3 is 9.84 Å². The topological polar surface area (TPSA) is 89.6 Å². The van der Waals surface area contributed by atoms with Crippen LogP contribution in [0.1, 0.15) is 39.8 Å². The van der Waals surface area contributed by atoms with Gasteiger partial charge in [-0.2, -0.15) is 5.10 Å². The lowest BCUT2D eigenvalue weighted by Crippen LogP contribution is -2.24. The van der Waals surface area contributed by atoms with Crippen molar-refractivity contribution < 1.29 is 14.6 Å². The maximum atomic E-state index is 12.8. The summed E-state index contributed by atoms with van der Waals surface area (Å²) in [6.07, 6.45) is 0.821. The molecule has 0 saturated heterocycles. The maximum Gasteiger partial charge on any atom is 0.185 e. The van der Waals surface area contributed by atoms with Gasteiger partial charge in [-0.25, -0.2) is 4.52 Å². The molecule has 0 bridgehead atoms. The molecule has 1 atom stereocenters. The largest absolute Gasteiger partial charge is 0.508 e. The lowest BCUT2D eigenvalue weighted by Gasteiger charge is -2.23. The number of nitrogens with zero attached hydrogens (tertiary/aromatic N) is 4. The monoisotopic (exact) mass is 400 g/mol. The highest BCUT2D eigenvalue weighted by Gasteiger charge is 2.32. The molecule has 4 aromatic rings. The Balaban J connectivity index is 1.69. The zero-order chi connectivity index (χ0) is 20.8. The Hall–Kier alpha value is -3.74. The van der Waals surface area contributed by atoms with Crippen molar-refractivity contribution in [2.75, 3.05) is 7.11 Å². The summed E-state index contributed by atoms with van der Waals surface area (Å²) >= 11 is 0. The first-order valence-corrected chi connectivity index (χ1v) is 9.78. The van der Waals surface area contributed by atoms with Crippen molar-refractivity contribution >= 4 is 11.4 Å². The van der Waals surface area contributed by atoms with Crippen LogP contribution in [-0.4, -0.2) is 37.8 Å². The molecular formula is C23H20N4O3. The number of hydrogen-bond acceptors (Lipinski definition) is 6. The van der Waals surface area contributed by atoms with Gasteiger partial charge in [0.05, 0.1) is 24.1 Å². The van der Waals surface area contributed by atoms with E-state index in [0.717, 1.165) is 28.1 Å². The molecule has 150 valence electrons. The van der Waals surface area contributed by atoms with Crippen molar-refractivity contribution in [2.45, 2.75) is 25.7 Å². The van der Waals surface area contributed by atoms with E-state index in [1.54, 1.807) is 23.8 Å². The minimum atomic E-state index is -0.141. The molecule has 0 saturated carbocycles. The molecule has 30 heavy (non-hydrogen) atoms. The molecule has 5 rings (SSSR count). The van der Waals surface area contributed by atoms with E-state index in [4.69, 9.17) is 9.84 Å². The van der Waals surface area contributed by atoms with Crippen molar-refractivity contribution in [3.05, 3.63) is 71.2 Å². The predicted octanol–water partition coefficient (Wildman–Crippen LogP) is 3.73. The summed E-state index contributed by atoms with van der Waals surface area (Å²) < 4.78 is 7.25. The van der Waals surface area contributed by atoms with Gasteiger partial charge >= 0.3 is 0 Å². The van der Waals surface area contributed by atoms with Crippen LogP contribution in [0.15, 0.2) is 48.5 Å². The fraction of sp³-hybridized carbons (Fsp3) is 0.217. The summed E-state index contributed by atoms with van der Waals surface area (Å²) in [7, 11) is 1.63. The van der Waals surface area contributed by atoms with Crippen LogP contribution < -0.4 is 4.74 Å². The summed E-state index contributed by atoms with van der Waals surface area (Å²) in [4.78, 5) is 12.8. The standard InChI is InChI=1S/C23H20N4O3/c1-13-21(16-8-4-6-10-20(16)30-2)23-25-24-22-17(27(23)26-13)11-14(12-19(22)29)15-7-3-5-9-18(15)28/h3-10,14,28H,11-12H2,1-2H3/t14-/m0/s1. The third kappa shape index (κ3) is 2.74. The molecular weight excluding hydrogens is 380 g/mol. The van der Waals surface area contributed by atoms with E-state index in [1.807, 2.05) is 43.3 Å². The second-order valence-electron chi connectivity index (χ2n) is 7.48. The Labute approximate surface area is 173 Å². The molecule has 0 unspecified atom stereocenters. The quantitative estimate of drug-likeness (QED) is 0.564. The van der Waals surface area contributed by atoms with Gasteiger partial charge in [0.1, 0.15) is 11.5 Å². The van der Waals surface area contributed by atoms with Crippen LogP contribution in [0.4, 0.5) is 0 Å². The predicted molar refractivity (Wildman–Crippen MR) is 111 cm³/mol. The van der Waals surface area contributed by atoms with E-state index in [0.29, 0.717) is 23.5 Å². The SMILES string of the molecule is COc1ccccc1-c1c(C)nn2c3c(nnc12)C(=O)C[C@@H](c1ccccc1O)C3. The highest BCUT2D eigenvalue weighted by molar-refractivity contribution is 5.97. The molecule has 2 heterocycles. The third-order valence-corrected chi connectivity index (χ3v) is 5.70. The van der Waals surface area contributed by atoms with E-state index in [-0.39, 0.29) is 23.9 Å². The number of hydrogen-bond donors (Lipinski definition) is 1. The van der Waals surface area contributed by atoms with Crippen LogP contribution in [0.2, 0.25) is 0 Å². The van der Waals surface area contributed by atoms with Crippen molar-refractivity contribution in [2.24, 2.45) is 0 Å². The molecule has 2 aromatic carbocycles. The first-order valence-electron chi connectivity index (χ1n) is 9.78. The summed E-state index contributed by atoms with van der Waals surface area (Å²) in [6.45, 7) is 1.91. The van der Waals surface area contributed by atoms with Crippen LogP contribution in [0, 0.1) is 6.92 Å². The number of aromatic hydroxyl groups is 1. The van der Waals surface area contributed by atoms with Gasteiger partial charge in [0, 0.05) is 17.9 Å². The normalized spacial score (nSPS) is 15.9. The molecule has 7 heteroatoms. The average molecular weight is 400 g/mol. The smallest absolute Gasteiger partial charge is 0.185 e. The van der Waals surface area contributed by atoms with Crippen LogP contribution in [0.25, 0.3) is 16.8 Å². The van der Waals surface area contributed by atoms with Crippen molar-refractivity contribution in [1.82, 2.24) is 19.8 Å². The number of aromatic nitrogens is 4. The van der Waals surface area contributed by atoms with Crippen LogP contribution >= 0.6 is 0 Å². The highest BCUT2D eigenvalue weighted by atomic mass is 16.5. The number of phenolic OH excluding ortho intramolecular Hbond substituents is 1. The second-order valence-corrected chi connectivity index (χ2v) is 7.48. The van der Waals surface area contributed by atoms with Crippen LogP contribution in [0.5, 0.6) is 11.5 Å². The highest BCUT2D eigenvalue weighted by Crippen LogP contribution is 2.38. The number of carbonyl (C=O) groups is 1. The van der Waals surface area contributed by atoms with E-state index in [9.17, 15) is 9.90 Å². The lowest BCUT2D eigenvalue weighted by molar-refractivity contribution is 0.0955.